The molecule has 0 fully saturated rings. The molecule has 0 aliphatic rings. The van der Waals surface area contributed by atoms with Gasteiger partial charge in [-0.25, -0.2) is 4.98 Å². The predicted molar refractivity (Wildman–Crippen MR) is 82.4 cm³/mol. The van der Waals surface area contributed by atoms with E-state index in [-0.39, 0.29) is 0 Å². The van der Waals surface area contributed by atoms with Crippen LogP contribution in [0.15, 0.2) is 24.3 Å². The second-order valence-corrected chi connectivity index (χ2v) is 5.50. The lowest BCUT2D eigenvalue weighted by atomic mass is 10.1. The molecule has 0 saturated carbocycles. The Morgan fingerprint density at radius 3 is 2.60 bits per heavy atom. The molecule has 0 aliphatic carbocycles. The molecule has 1 heterocycles. The van der Waals surface area contributed by atoms with Gasteiger partial charge in [-0.05, 0) is 36.8 Å². The highest BCUT2D eigenvalue weighted by molar-refractivity contribution is 7.15. The molecule has 1 aromatic heterocycles. The minimum Gasteiger partial charge on any atom is -0.497 e. The van der Waals surface area contributed by atoms with Crippen LogP contribution in [0.4, 0.5) is 0 Å². The summed E-state index contributed by atoms with van der Waals surface area (Å²) >= 11 is 1.73. The van der Waals surface area contributed by atoms with Crippen LogP contribution in [0, 0.1) is 6.92 Å². The molecule has 2 aromatic rings. The Morgan fingerprint density at radius 1 is 1.20 bits per heavy atom. The van der Waals surface area contributed by atoms with Gasteiger partial charge in [0.2, 0.25) is 0 Å². The average molecular weight is 292 g/mol. The molecule has 0 spiro atoms. The van der Waals surface area contributed by atoms with Crippen LogP contribution in [0.2, 0.25) is 0 Å². The molecule has 0 saturated heterocycles. The van der Waals surface area contributed by atoms with Gasteiger partial charge in [0, 0.05) is 20.2 Å². The molecule has 1 aromatic carbocycles. The van der Waals surface area contributed by atoms with Crippen LogP contribution in [0.5, 0.6) is 5.75 Å². The maximum absolute atomic E-state index is 5.18. The van der Waals surface area contributed by atoms with Crippen molar-refractivity contribution in [3.63, 3.8) is 0 Å². The van der Waals surface area contributed by atoms with Gasteiger partial charge in [0.05, 0.1) is 24.3 Å². The molecule has 0 radical (unpaired) electrons. The maximum atomic E-state index is 5.18. The van der Waals surface area contributed by atoms with Crippen molar-refractivity contribution in [1.82, 2.24) is 10.3 Å². The van der Waals surface area contributed by atoms with Crippen molar-refractivity contribution in [3.05, 3.63) is 35.0 Å². The van der Waals surface area contributed by atoms with Gasteiger partial charge < -0.3 is 14.8 Å². The highest BCUT2D eigenvalue weighted by Gasteiger charge is 2.09. The van der Waals surface area contributed by atoms with Crippen molar-refractivity contribution in [3.8, 4) is 16.2 Å². The van der Waals surface area contributed by atoms with Crippen molar-refractivity contribution >= 4 is 11.3 Å². The fraction of sp³-hybridized carbons (Fsp3) is 0.400. The number of benzene rings is 1. The fourth-order valence-corrected chi connectivity index (χ4v) is 2.95. The number of hydrogen-bond acceptors (Lipinski definition) is 5. The topological polar surface area (TPSA) is 43.4 Å². The minimum absolute atomic E-state index is 0.718. The third-order valence-electron chi connectivity index (χ3n) is 2.95. The zero-order valence-electron chi connectivity index (χ0n) is 12.1. The van der Waals surface area contributed by atoms with Gasteiger partial charge in [0.1, 0.15) is 10.8 Å². The largest absolute Gasteiger partial charge is 0.497 e. The fourth-order valence-electron chi connectivity index (χ4n) is 1.91. The van der Waals surface area contributed by atoms with Gasteiger partial charge >= 0.3 is 0 Å². The lowest BCUT2D eigenvalue weighted by Crippen LogP contribution is -2.18. The Bertz CT molecular complexity index is 537. The number of aryl methyl sites for hydroxylation is 1. The van der Waals surface area contributed by atoms with Crippen LogP contribution < -0.4 is 10.1 Å². The highest BCUT2D eigenvalue weighted by atomic mass is 32.1. The molecular weight excluding hydrogens is 272 g/mol. The Balaban J connectivity index is 2.06. The lowest BCUT2D eigenvalue weighted by molar-refractivity contribution is 0.199. The van der Waals surface area contributed by atoms with Crippen molar-refractivity contribution in [1.29, 1.82) is 0 Å². The zero-order chi connectivity index (χ0) is 14.4. The van der Waals surface area contributed by atoms with E-state index in [1.165, 1.54) is 10.4 Å². The van der Waals surface area contributed by atoms with Crippen molar-refractivity contribution < 1.29 is 9.47 Å². The Morgan fingerprint density at radius 2 is 1.95 bits per heavy atom. The molecule has 0 atom stereocenters. The number of methoxy groups -OCH3 is 2. The van der Waals surface area contributed by atoms with Gasteiger partial charge in [-0.2, -0.15) is 0 Å². The highest BCUT2D eigenvalue weighted by Crippen LogP contribution is 2.31. The minimum atomic E-state index is 0.718. The number of rotatable bonds is 7. The molecule has 0 amide bonds. The third kappa shape index (κ3) is 3.79. The van der Waals surface area contributed by atoms with Gasteiger partial charge in [0.15, 0.2) is 0 Å². The van der Waals surface area contributed by atoms with E-state index in [4.69, 9.17) is 9.47 Å². The molecule has 0 unspecified atom stereocenters. The van der Waals surface area contributed by atoms with E-state index in [0.717, 1.165) is 36.1 Å². The summed E-state index contributed by atoms with van der Waals surface area (Å²) in [4.78, 5) is 5.83. The molecule has 108 valence electrons. The number of hydrogen-bond donors (Lipinski definition) is 1. The standard InChI is InChI=1S/C15H20N2O2S/c1-11-15(12-4-6-13(19-3)7-5-12)20-14(17-11)10-16-8-9-18-2/h4-7,16H,8-10H2,1-3H3. The van der Waals surface area contributed by atoms with E-state index >= 15 is 0 Å². The molecular formula is C15H20N2O2S. The summed E-state index contributed by atoms with van der Waals surface area (Å²) in [6.07, 6.45) is 0. The zero-order valence-corrected chi connectivity index (χ0v) is 12.9. The SMILES string of the molecule is COCCNCc1nc(C)c(-c2ccc(OC)cc2)s1. The number of thiazole rings is 1. The monoisotopic (exact) mass is 292 g/mol. The second-order valence-electron chi connectivity index (χ2n) is 4.42. The van der Waals surface area contributed by atoms with Crippen LogP contribution in [-0.4, -0.2) is 32.4 Å². The van der Waals surface area contributed by atoms with Crippen LogP contribution in [-0.2, 0) is 11.3 Å². The third-order valence-corrected chi connectivity index (χ3v) is 4.16. The first-order valence-electron chi connectivity index (χ1n) is 6.55. The first-order valence-corrected chi connectivity index (χ1v) is 7.36. The van der Waals surface area contributed by atoms with Crippen LogP contribution in [0.1, 0.15) is 10.7 Å². The van der Waals surface area contributed by atoms with Crippen LogP contribution >= 0.6 is 11.3 Å². The number of nitrogens with one attached hydrogen (secondary N) is 1. The Kier molecular flexibility index (Phi) is 5.52. The van der Waals surface area contributed by atoms with Crippen molar-refractivity contribution in [2.75, 3.05) is 27.4 Å². The van der Waals surface area contributed by atoms with E-state index < -0.39 is 0 Å². The first-order chi connectivity index (χ1) is 9.74. The van der Waals surface area contributed by atoms with Crippen molar-refractivity contribution in [2.24, 2.45) is 0 Å². The van der Waals surface area contributed by atoms with Gasteiger partial charge in [0.25, 0.3) is 0 Å². The Labute approximate surface area is 123 Å². The summed E-state index contributed by atoms with van der Waals surface area (Å²) in [5.41, 5.74) is 2.26. The normalized spacial score (nSPS) is 10.8. The first kappa shape index (κ1) is 15.0. The quantitative estimate of drug-likeness (QED) is 0.797. The van der Waals surface area contributed by atoms with E-state index in [1.54, 1.807) is 25.6 Å². The van der Waals surface area contributed by atoms with Crippen molar-refractivity contribution in [2.45, 2.75) is 13.5 Å². The van der Waals surface area contributed by atoms with E-state index in [2.05, 4.69) is 29.4 Å². The van der Waals surface area contributed by atoms with Gasteiger partial charge in [-0.3, -0.25) is 0 Å². The molecule has 2 rings (SSSR count). The van der Waals surface area contributed by atoms with Gasteiger partial charge in [-0.1, -0.05) is 0 Å². The van der Waals surface area contributed by atoms with Gasteiger partial charge in [-0.15, -0.1) is 11.3 Å². The number of aromatic nitrogens is 1. The summed E-state index contributed by atoms with van der Waals surface area (Å²) in [5, 5.41) is 4.42. The lowest BCUT2D eigenvalue weighted by Gasteiger charge is -2.02. The van der Waals surface area contributed by atoms with E-state index in [1.807, 2.05) is 12.1 Å². The summed E-state index contributed by atoms with van der Waals surface area (Å²) in [6.45, 7) is 4.39. The summed E-state index contributed by atoms with van der Waals surface area (Å²) < 4.78 is 10.2. The van der Waals surface area contributed by atoms with E-state index in [0.29, 0.717) is 0 Å². The van der Waals surface area contributed by atoms with E-state index in [9.17, 15) is 0 Å². The average Bonchev–Trinajstić information content (AvgIpc) is 2.85. The number of ether oxygens (including phenoxy) is 2. The maximum Gasteiger partial charge on any atom is 0.118 e. The summed E-state index contributed by atoms with van der Waals surface area (Å²) in [5.74, 6) is 0.873. The summed E-state index contributed by atoms with van der Waals surface area (Å²) in [6, 6.07) is 8.10. The Hall–Kier alpha value is -1.43. The molecule has 0 bridgehead atoms. The smallest absolute Gasteiger partial charge is 0.118 e. The molecule has 1 N–H and O–H groups in total. The molecule has 0 aliphatic heterocycles. The van der Waals surface area contributed by atoms with Crippen LogP contribution in [0.25, 0.3) is 10.4 Å². The second kappa shape index (κ2) is 7.38. The molecule has 4 nitrogen and oxygen atoms in total. The van der Waals surface area contributed by atoms with Crippen LogP contribution in [0.3, 0.4) is 0 Å². The molecule has 20 heavy (non-hydrogen) atoms. The predicted octanol–water partition coefficient (Wildman–Crippen LogP) is 2.86. The number of nitrogens with zero attached hydrogens (tertiary/aromatic N) is 1. The summed E-state index contributed by atoms with van der Waals surface area (Å²) in [7, 11) is 3.38. The molecule has 5 heteroatoms.